The summed E-state index contributed by atoms with van der Waals surface area (Å²) in [5.41, 5.74) is 0.885. The second-order valence-electron chi connectivity index (χ2n) is 6.95. The average Bonchev–Trinajstić information content (AvgIpc) is 2.78. The number of methoxy groups -OCH3 is 1. The van der Waals surface area contributed by atoms with Crippen molar-refractivity contribution in [2.45, 2.75) is 12.4 Å². The number of carbonyl (C=O) groups is 1. The van der Waals surface area contributed by atoms with E-state index in [0.717, 1.165) is 48.6 Å². The van der Waals surface area contributed by atoms with E-state index in [4.69, 9.17) is 15.2 Å². The van der Waals surface area contributed by atoms with E-state index in [1.165, 1.54) is 7.11 Å². The Hall–Kier alpha value is -3.61. The van der Waals surface area contributed by atoms with Gasteiger partial charge in [0.05, 0.1) is 24.3 Å². The molecule has 0 atom stereocenters. The van der Waals surface area contributed by atoms with Crippen molar-refractivity contribution < 1.29 is 45.0 Å². The molecule has 6 nitrogen and oxygen atoms in total. The van der Waals surface area contributed by atoms with Crippen LogP contribution >= 0.6 is 0 Å². The van der Waals surface area contributed by atoms with Gasteiger partial charge in [0.1, 0.15) is 5.82 Å². The number of hydrogen-bond donors (Lipinski definition) is 1. The first-order chi connectivity index (χ1) is 16.3. The molecule has 190 valence electrons. The van der Waals surface area contributed by atoms with Crippen LogP contribution in [0.15, 0.2) is 47.6 Å². The van der Waals surface area contributed by atoms with Crippen LogP contribution in [-0.2, 0) is 17.1 Å². The van der Waals surface area contributed by atoms with Crippen molar-refractivity contribution in [1.82, 2.24) is 0 Å². The number of aliphatic imine (C=N–C) groups is 1. The molecule has 0 aliphatic rings. The highest BCUT2D eigenvalue weighted by Crippen LogP contribution is 2.44. The summed E-state index contributed by atoms with van der Waals surface area (Å²) < 4.78 is 105. The van der Waals surface area contributed by atoms with Crippen molar-refractivity contribution >= 4 is 23.6 Å². The van der Waals surface area contributed by atoms with E-state index in [1.807, 2.05) is 0 Å². The predicted octanol–water partition coefficient (Wildman–Crippen LogP) is 5.52. The topological polar surface area (TPSA) is 77.1 Å². The molecule has 2 N–H and O–H groups in total. The number of amides is 1. The van der Waals surface area contributed by atoms with E-state index in [2.05, 4.69) is 4.99 Å². The summed E-state index contributed by atoms with van der Waals surface area (Å²) in [6.45, 7) is 0.149. The molecule has 0 radical (unpaired) electrons. The number of ether oxygens (including phenoxy) is 2. The lowest BCUT2D eigenvalue weighted by Gasteiger charge is -2.22. The first-order valence-electron chi connectivity index (χ1n) is 9.74. The Kier molecular flexibility index (Phi) is 8.85. The van der Waals surface area contributed by atoms with Crippen molar-refractivity contribution in [1.29, 1.82) is 0 Å². The molecule has 0 aromatic heterocycles. The zero-order chi connectivity index (χ0) is 26.4. The molecule has 0 unspecified atom stereocenters. The summed E-state index contributed by atoms with van der Waals surface area (Å²) >= 11 is 0. The summed E-state index contributed by atoms with van der Waals surface area (Å²) in [4.78, 5) is 17.2. The maximum absolute atomic E-state index is 13.8. The third kappa shape index (κ3) is 7.18. The molecule has 2 rings (SSSR count). The molecule has 0 saturated carbocycles. The number of alkyl halides is 6. The SMILES string of the molecule is COCCN=CC(=CN)c1cc(C(F)(F)F)cc(C(F)(F)F)c1OC(=O)N(C)c1ccc(F)cc1. The van der Waals surface area contributed by atoms with Gasteiger partial charge >= 0.3 is 18.4 Å². The monoisotopic (exact) mass is 507 g/mol. The van der Waals surface area contributed by atoms with Gasteiger partial charge < -0.3 is 15.2 Å². The minimum absolute atomic E-state index is 0.0291. The molecule has 2 aromatic rings. The first-order valence-corrected chi connectivity index (χ1v) is 9.74. The van der Waals surface area contributed by atoms with Gasteiger partial charge in [-0.15, -0.1) is 0 Å². The molecule has 0 bridgehead atoms. The Morgan fingerprint density at radius 1 is 1.09 bits per heavy atom. The molecule has 2 aromatic carbocycles. The van der Waals surface area contributed by atoms with E-state index in [1.54, 1.807) is 0 Å². The lowest BCUT2D eigenvalue weighted by atomic mass is 9.98. The highest BCUT2D eigenvalue weighted by molar-refractivity contribution is 6.11. The molecular weight excluding hydrogens is 487 g/mol. The van der Waals surface area contributed by atoms with Crippen molar-refractivity contribution in [3.8, 4) is 5.75 Å². The highest BCUT2D eigenvalue weighted by Gasteiger charge is 2.41. The Bertz CT molecular complexity index is 1100. The zero-order valence-electron chi connectivity index (χ0n) is 18.4. The number of allylic oxidation sites excluding steroid dienone is 1. The van der Waals surface area contributed by atoms with Gasteiger partial charge in [-0.2, -0.15) is 26.3 Å². The first kappa shape index (κ1) is 27.6. The largest absolute Gasteiger partial charge is 0.420 e. The van der Waals surface area contributed by atoms with Crippen LogP contribution in [0.1, 0.15) is 16.7 Å². The molecule has 0 aliphatic carbocycles. The van der Waals surface area contributed by atoms with Crippen LogP contribution < -0.4 is 15.4 Å². The average molecular weight is 507 g/mol. The van der Waals surface area contributed by atoms with E-state index >= 15 is 0 Å². The summed E-state index contributed by atoms with van der Waals surface area (Å²) in [6.07, 6.45) is -10.2. The van der Waals surface area contributed by atoms with Crippen LogP contribution in [0.5, 0.6) is 5.75 Å². The fourth-order valence-electron chi connectivity index (χ4n) is 2.76. The summed E-state index contributed by atoms with van der Waals surface area (Å²) in [5.74, 6) is -1.84. The van der Waals surface area contributed by atoms with Gasteiger partial charge in [-0.3, -0.25) is 9.89 Å². The van der Waals surface area contributed by atoms with Gasteiger partial charge in [-0.1, -0.05) is 0 Å². The molecule has 0 heterocycles. The number of rotatable bonds is 7. The number of anilines is 1. The third-order valence-corrected chi connectivity index (χ3v) is 4.54. The van der Waals surface area contributed by atoms with E-state index in [-0.39, 0.29) is 30.5 Å². The van der Waals surface area contributed by atoms with Gasteiger partial charge in [-0.25, -0.2) is 9.18 Å². The maximum atomic E-state index is 13.8. The van der Waals surface area contributed by atoms with Gasteiger partial charge in [0.2, 0.25) is 0 Å². The molecule has 35 heavy (non-hydrogen) atoms. The maximum Gasteiger partial charge on any atom is 0.420 e. The number of carbonyl (C=O) groups excluding carboxylic acids is 1. The van der Waals surface area contributed by atoms with Crippen LogP contribution in [0, 0.1) is 5.82 Å². The molecule has 0 fully saturated rings. The number of hydrogen-bond acceptors (Lipinski definition) is 5. The second-order valence-corrected chi connectivity index (χ2v) is 6.95. The quantitative estimate of drug-likeness (QED) is 0.305. The number of nitrogens with two attached hydrogens (primary N) is 1. The van der Waals surface area contributed by atoms with Crippen molar-refractivity contribution in [2.75, 3.05) is 32.2 Å². The van der Waals surface area contributed by atoms with Crippen LogP contribution in [0.4, 0.5) is 41.2 Å². The molecule has 0 saturated heterocycles. The van der Waals surface area contributed by atoms with Gasteiger partial charge in [0.15, 0.2) is 5.75 Å². The minimum atomic E-state index is -5.34. The predicted molar refractivity (Wildman–Crippen MR) is 115 cm³/mol. The molecule has 13 heteroatoms. The van der Waals surface area contributed by atoms with Crippen LogP contribution in [0.2, 0.25) is 0 Å². The zero-order valence-corrected chi connectivity index (χ0v) is 18.4. The fourth-order valence-corrected chi connectivity index (χ4v) is 2.76. The van der Waals surface area contributed by atoms with Crippen molar-refractivity contribution in [2.24, 2.45) is 10.7 Å². The van der Waals surface area contributed by atoms with Crippen LogP contribution in [-0.4, -0.2) is 39.6 Å². The second kappa shape index (κ2) is 11.2. The lowest BCUT2D eigenvalue weighted by molar-refractivity contribution is -0.143. The van der Waals surface area contributed by atoms with E-state index in [0.29, 0.717) is 6.07 Å². The number of nitrogens with zero attached hydrogens (tertiary/aromatic N) is 2. The fraction of sp³-hybridized carbons (Fsp3) is 0.273. The van der Waals surface area contributed by atoms with Crippen LogP contribution in [0.3, 0.4) is 0 Å². The van der Waals surface area contributed by atoms with Crippen LogP contribution in [0.25, 0.3) is 5.57 Å². The summed E-state index contributed by atoms with van der Waals surface area (Å²) in [5, 5.41) is 0. The third-order valence-electron chi connectivity index (χ3n) is 4.54. The molecular formula is C22H20F7N3O3. The minimum Gasteiger partial charge on any atom is -0.409 e. The van der Waals surface area contributed by atoms with E-state index < -0.39 is 46.7 Å². The number of halogens is 7. The summed E-state index contributed by atoms with van der Waals surface area (Å²) in [7, 11) is 2.49. The number of benzene rings is 2. The Labute approximate surface area is 195 Å². The highest BCUT2D eigenvalue weighted by atomic mass is 19.4. The van der Waals surface area contributed by atoms with Crippen molar-refractivity contribution in [3.63, 3.8) is 0 Å². The van der Waals surface area contributed by atoms with E-state index in [9.17, 15) is 35.5 Å². The van der Waals surface area contributed by atoms with Gasteiger partial charge in [0, 0.05) is 43.4 Å². The lowest BCUT2D eigenvalue weighted by Crippen LogP contribution is -2.30. The standard InChI is InChI=1S/C22H20F7N3O3/c1-32(16-5-3-15(23)4-6-16)20(33)35-19-17(13(11-30)12-31-7-8-34-2)9-14(21(24,25)26)10-18(19)22(27,28)29/h3-6,9-12H,7-8,30H2,1-2H3. The summed E-state index contributed by atoms with van der Waals surface area (Å²) in [6, 6.07) is 4.51. The van der Waals surface area contributed by atoms with Gasteiger partial charge in [0.25, 0.3) is 0 Å². The van der Waals surface area contributed by atoms with Crippen molar-refractivity contribution in [3.05, 3.63) is 65.1 Å². The molecule has 0 aliphatic heterocycles. The normalized spacial score (nSPS) is 12.8. The van der Waals surface area contributed by atoms with Gasteiger partial charge in [-0.05, 0) is 36.4 Å². The smallest absolute Gasteiger partial charge is 0.409 e. The Balaban J connectivity index is 2.66. The Morgan fingerprint density at radius 3 is 2.23 bits per heavy atom. The Morgan fingerprint density at radius 2 is 1.71 bits per heavy atom. The molecule has 0 spiro atoms. The molecule has 1 amide bonds.